The second-order valence-corrected chi connectivity index (χ2v) is 15.7. The number of carbonyl (C=O) groups excluding carboxylic acids is 3. The molecule has 0 saturated carbocycles. The van der Waals surface area contributed by atoms with E-state index in [1.54, 1.807) is 0 Å². The fourth-order valence-corrected chi connectivity index (χ4v) is 7.03. The minimum absolute atomic E-state index is 0.00361. The average molecular weight is 737 g/mol. The molecule has 52 heavy (non-hydrogen) atoms. The van der Waals surface area contributed by atoms with Crippen LogP contribution in [0.15, 0.2) is 0 Å². The fraction of sp³-hybridized carbons (Fsp3) is 0.933. The maximum atomic E-state index is 12.7. The Morgan fingerprint density at radius 2 is 0.827 bits per heavy atom. The Morgan fingerprint density at radius 1 is 0.442 bits per heavy atom. The Kier molecular flexibility index (Phi) is 39.3. The van der Waals surface area contributed by atoms with Crippen LogP contribution < -0.4 is 5.73 Å². The lowest BCUT2D eigenvalue weighted by Crippen LogP contribution is -2.28. The van der Waals surface area contributed by atoms with Crippen LogP contribution in [0.3, 0.4) is 0 Å². The molecule has 0 aliphatic carbocycles. The van der Waals surface area contributed by atoms with Gasteiger partial charge in [-0.25, -0.2) is 0 Å². The molecule has 0 aliphatic rings. The van der Waals surface area contributed by atoms with Gasteiger partial charge in [-0.2, -0.15) is 0 Å². The van der Waals surface area contributed by atoms with Gasteiger partial charge in [0.2, 0.25) is 5.91 Å². The van der Waals surface area contributed by atoms with Crippen molar-refractivity contribution in [1.29, 1.82) is 0 Å². The Labute approximate surface area is 323 Å². The molecule has 0 rings (SSSR count). The van der Waals surface area contributed by atoms with E-state index in [0.717, 1.165) is 116 Å². The van der Waals surface area contributed by atoms with E-state index in [1.807, 2.05) is 0 Å². The number of primary amides is 1. The zero-order valence-electron chi connectivity index (χ0n) is 35.0. The summed E-state index contributed by atoms with van der Waals surface area (Å²) in [7, 11) is 0. The first-order chi connectivity index (χ1) is 25.4. The number of ether oxygens (including phenoxy) is 2. The maximum Gasteiger partial charge on any atom is 0.306 e. The molecule has 0 aromatic heterocycles. The SMILES string of the molecule is CCCCCCCCCOC(=O)CCCCCCCN(CCCCCCCC(=O)OC(CCCCCCC)CCCCCCCC)CCCC(N)=O. The highest BCUT2D eigenvalue weighted by Gasteiger charge is 2.14. The summed E-state index contributed by atoms with van der Waals surface area (Å²) in [6, 6.07) is 0. The van der Waals surface area contributed by atoms with Crippen LogP contribution in [0, 0.1) is 0 Å². The van der Waals surface area contributed by atoms with E-state index in [-0.39, 0.29) is 23.9 Å². The number of amides is 1. The van der Waals surface area contributed by atoms with Crippen molar-refractivity contribution in [2.75, 3.05) is 26.2 Å². The highest BCUT2D eigenvalue weighted by atomic mass is 16.5. The first kappa shape index (κ1) is 50.4. The molecule has 308 valence electrons. The third-order valence-electron chi connectivity index (χ3n) is 10.4. The predicted molar refractivity (Wildman–Crippen MR) is 220 cm³/mol. The number of esters is 2. The van der Waals surface area contributed by atoms with Crippen LogP contribution in [0.5, 0.6) is 0 Å². The van der Waals surface area contributed by atoms with Crippen LogP contribution >= 0.6 is 0 Å². The van der Waals surface area contributed by atoms with Crippen molar-refractivity contribution >= 4 is 17.8 Å². The Balaban J connectivity index is 4.15. The van der Waals surface area contributed by atoms with Gasteiger partial charge in [0.1, 0.15) is 6.10 Å². The molecule has 0 radical (unpaired) electrons. The number of hydrogen-bond donors (Lipinski definition) is 1. The molecule has 0 aromatic rings. The van der Waals surface area contributed by atoms with E-state index < -0.39 is 0 Å². The Morgan fingerprint density at radius 3 is 1.31 bits per heavy atom. The number of nitrogens with zero attached hydrogens (tertiary/aromatic N) is 1. The summed E-state index contributed by atoms with van der Waals surface area (Å²) in [6.45, 7) is 10.3. The minimum atomic E-state index is -0.222. The fourth-order valence-electron chi connectivity index (χ4n) is 7.03. The van der Waals surface area contributed by atoms with Gasteiger partial charge in [0.15, 0.2) is 0 Å². The maximum absolute atomic E-state index is 12.7. The van der Waals surface area contributed by atoms with Crippen LogP contribution in [-0.2, 0) is 23.9 Å². The van der Waals surface area contributed by atoms with Crippen LogP contribution in [0.1, 0.15) is 239 Å². The molecule has 0 fully saturated rings. The molecule has 1 atom stereocenters. The topological polar surface area (TPSA) is 98.9 Å². The molecule has 2 N–H and O–H groups in total. The van der Waals surface area contributed by atoms with Gasteiger partial charge in [0.25, 0.3) is 0 Å². The highest BCUT2D eigenvalue weighted by molar-refractivity contribution is 5.73. The molecule has 0 bridgehead atoms. The van der Waals surface area contributed by atoms with Gasteiger partial charge in [-0.05, 0) is 83.8 Å². The zero-order chi connectivity index (χ0) is 38.2. The van der Waals surface area contributed by atoms with E-state index in [2.05, 4.69) is 25.7 Å². The van der Waals surface area contributed by atoms with Crippen LogP contribution in [0.25, 0.3) is 0 Å². The van der Waals surface area contributed by atoms with Gasteiger partial charge in [-0.1, -0.05) is 156 Å². The van der Waals surface area contributed by atoms with E-state index in [1.165, 1.54) is 103 Å². The molecule has 0 aromatic carbocycles. The first-order valence-electron chi connectivity index (χ1n) is 22.8. The van der Waals surface area contributed by atoms with Crippen molar-refractivity contribution in [3.05, 3.63) is 0 Å². The van der Waals surface area contributed by atoms with E-state index in [0.29, 0.717) is 25.9 Å². The van der Waals surface area contributed by atoms with Crippen molar-refractivity contribution in [1.82, 2.24) is 4.90 Å². The summed E-state index contributed by atoms with van der Waals surface area (Å²) in [5.41, 5.74) is 5.40. The number of carbonyl (C=O) groups is 3. The third-order valence-corrected chi connectivity index (χ3v) is 10.4. The quantitative estimate of drug-likeness (QED) is 0.0495. The normalized spacial score (nSPS) is 12.0. The monoisotopic (exact) mass is 737 g/mol. The number of nitrogens with two attached hydrogens (primary N) is 1. The molecule has 0 spiro atoms. The minimum Gasteiger partial charge on any atom is -0.466 e. The smallest absolute Gasteiger partial charge is 0.306 e. The molecule has 0 heterocycles. The largest absolute Gasteiger partial charge is 0.466 e. The highest BCUT2D eigenvalue weighted by Crippen LogP contribution is 2.18. The summed E-state index contributed by atoms with van der Waals surface area (Å²) in [6.07, 6.45) is 37.9. The summed E-state index contributed by atoms with van der Waals surface area (Å²) in [5, 5.41) is 0. The first-order valence-corrected chi connectivity index (χ1v) is 22.8. The van der Waals surface area contributed by atoms with Crippen LogP contribution in [-0.4, -0.2) is 55.1 Å². The van der Waals surface area contributed by atoms with Gasteiger partial charge in [-0.15, -0.1) is 0 Å². The molecule has 0 saturated heterocycles. The number of unbranched alkanes of at least 4 members (excludes halogenated alkanes) is 23. The zero-order valence-corrected chi connectivity index (χ0v) is 35.0. The van der Waals surface area contributed by atoms with Gasteiger partial charge in [0.05, 0.1) is 6.61 Å². The lowest BCUT2D eigenvalue weighted by molar-refractivity contribution is -0.150. The number of hydrogen-bond acceptors (Lipinski definition) is 6. The lowest BCUT2D eigenvalue weighted by Gasteiger charge is -2.22. The molecular formula is C45H88N2O5. The second-order valence-electron chi connectivity index (χ2n) is 15.7. The van der Waals surface area contributed by atoms with Crippen LogP contribution in [0.2, 0.25) is 0 Å². The second kappa shape index (κ2) is 40.6. The van der Waals surface area contributed by atoms with E-state index in [4.69, 9.17) is 15.2 Å². The summed E-state index contributed by atoms with van der Waals surface area (Å²) < 4.78 is 11.4. The van der Waals surface area contributed by atoms with Crippen LogP contribution in [0.4, 0.5) is 0 Å². The average Bonchev–Trinajstić information content (AvgIpc) is 3.12. The number of rotatable bonds is 42. The molecule has 7 nitrogen and oxygen atoms in total. The molecular weight excluding hydrogens is 649 g/mol. The summed E-state index contributed by atoms with van der Waals surface area (Å²) in [4.78, 5) is 38.5. The van der Waals surface area contributed by atoms with Crippen molar-refractivity contribution in [2.24, 2.45) is 5.73 Å². The van der Waals surface area contributed by atoms with Gasteiger partial charge < -0.3 is 20.1 Å². The van der Waals surface area contributed by atoms with Gasteiger partial charge >= 0.3 is 11.9 Å². The van der Waals surface area contributed by atoms with E-state index in [9.17, 15) is 14.4 Å². The van der Waals surface area contributed by atoms with Crippen molar-refractivity contribution in [3.63, 3.8) is 0 Å². The van der Waals surface area contributed by atoms with Gasteiger partial charge in [-0.3, -0.25) is 14.4 Å². The van der Waals surface area contributed by atoms with Crippen molar-refractivity contribution < 1.29 is 23.9 Å². The summed E-state index contributed by atoms with van der Waals surface area (Å²) in [5.74, 6) is -0.258. The van der Waals surface area contributed by atoms with Gasteiger partial charge in [0, 0.05) is 19.3 Å². The molecule has 1 unspecified atom stereocenters. The molecule has 7 heteroatoms. The third kappa shape index (κ3) is 38.1. The Hall–Kier alpha value is -1.63. The standard InChI is InChI=1S/C45H88N2O5/c1-4-7-10-13-15-24-31-41-51-44(49)36-27-20-16-22-29-38-47(40-32-35-43(46)48)39-30-23-17-21-28-37-45(50)52-42(33-25-18-12-9-6-3)34-26-19-14-11-8-5-2/h42H,4-41H2,1-3H3,(H2,46,48). The van der Waals surface area contributed by atoms with E-state index >= 15 is 0 Å². The van der Waals surface area contributed by atoms with Crippen molar-refractivity contribution in [2.45, 2.75) is 245 Å². The molecule has 0 aliphatic heterocycles. The lowest BCUT2D eigenvalue weighted by atomic mass is 10.0. The molecule has 1 amide bonds. The van der Waals surface area contributed by atoms with Crippen molar-refractivity contribution in [3.8, 4) is 0 Å². The summed E-state index contributed by atoms with van der Waals surface area (Å²) >= 11 is 0. The Bertz CT molecular complexity index is 792. The predicted octanol–water partition coefficient (Wildman–Crippen LogP) is 12.6.